The Morgan fingerprint density at radius 2 is 1.67 bits per heavy atom. The summed E-state index contributed by atoms with van der Waals surface area (Å²) in [4.78, 5) is 12.2. The maximum atomic E-state index is 12.2. The van der Waals surface area contributed by atoms with Crippen molar-refractivity contribution in [3.63, 3.8) is 0 Å². The molecule has 3 aromatic carbocycles. The van der Waals surface area contributed by atoms with Crippen LogP contribution in [0.15, 0.2) is 77.9 Å². The maximum absolute atomic E-state index is 12.2. The van der Waals surface area contributed by atoms with Crippen LogP contribution in [0.3, 0.4) is 0 Å². The van der Waals surface area contributed by atoms with Crippen LogP contribution in [0.25, 0.3) is 0 Å². The quantitative estimate of drug-likeness (QED) is 0.364. The van der Waals surface area contributed by atoms with Crippen LogP contribution in [-0.4, -0.2) is 33.3 Å². The number of halogens is 1. The first-order valence-electron chi connectivity index (χ1n) is 10.0. The molecule has 0 spiro atoms. The van der Waals surface area contributed by atoms with Gasteiger partial charge in [0.2, 0.25) is 10.0 Å². The Hall–Kier alpha value is -3.36. The molecule has 0 aromatic heterocycles. The molecule has 0 unspecified atom stereocenters. The van der Waals surface area contributed by atoms with Crippen molar-refractivity contribution in [3.05, 3.63) is 94.5 Å². The first-order chi connectivity index (χ1) is 15.7. The van der Waals surface area contributed by atoms with Gasteiger partial charge >= 0.3 is 0 Å². The first kappa shape index (κ1) is 24.3. The van der Waals surface area contributed by atoms with Crippen LogP contribution < -0.4 is 14.5 Å². The van der Waals surface area contributed by atoms with Gasteiger partial charge < -0.3 is 4.74 Å². The molecule has 0 saturated heterocycles. The zero-order valence-electron chi connectivity index (χ0n) is 18.2. The van der Waals surface area contributed by atoms with Gasteiger partial charge in [-0.2, -0.15) is 5.10 Å². The molecule has 172 valence electrons. The molecule has 0 saturated carbocycles. The van der Waals surface area contributed by atoms with E-state index in [9.17, 15) is 13.2 Å². The second-order valence-corrected chi connectivity index (χ2v) is 9.73. The van der Waals surface area contributed by atoms with Gasteiger partial charge in [0.1, 0.15) is 18.9 Å². The van der Waals surface area contributed by atoms with E-state index >= 15 is 0 Å². The molecule has 0 fully saturated rings. The van der Waals surface area contributed by atoms with Gasteiger partial charge in [-0.25, -0.2) is 13.8 Å². The molecule has 33 heavy (non-hydrogen) atoms. The molecule has 0 aliphatic rings. The average Bonchev–Trinajstić information content (AvgIpc) is 2.78. The molecule has 1 amide bonds. The number of benzene rings is 3. The lowest BCUT2D eigenvalue weighted by Crippen LogP contribution is -2.38. The zero-order valence-corrected chi connectivity index (χ0v) is 19.8. The van der Waals surface area contributed by atoms with Gasteiger partial charge in [-0.05, 0) is 66.6 Å². The number of anilines is 1. The van der Waals surface area contributed by atoms with Crippen molar-refractivity contribution in [3.8, 4) is 5.75 Å². The molecule has 0 heterocycles. The number of carbonyl (C=O) groups is 1. The number of ether oxygens (including phenoxy) is 1. The van der Waals surface area contributed by atoms with E-state index in [-0.39, 0.29) is 0 Å². The van der Waals surface area contributed by atoms with Crippen LogP contribution in [0.4, 0.5) is 5.69 Å². The summed E-state index contributed by atoms with van der Waals surface area (Å²) < 4.78 is 31.0. The Morgan fingerprint density at radius 1 is 1.03 bits per heavy atom. The monoisotopic (exact) mass is 485 g/mol. The lowest BCUT2D eigenvalue weighted by Gasteiger charge is -2.21. The highest BCUT2D eigenvalue weighted by molar-refractivity contribution is 7.92. The highest BCUT2D eigenvalue weighted by Crippen LogP contribution is 2.20. The number of sulfonamides is 1. The smallest absolute Gasteiger partial charge is 0.260 e. The minimum Gasteiger partial charge on any atom is -0.489 e. The van der Waals surface area contributed by atoms with Gasteiger partial charge in [-0.15, -0.1) is 0 Å². The van der Waals surface area contributed by atoms with E-state index in [2.05, 4.69) is 10.5 Å². The molecule has 0 aliphatic carbocycles. The fraction of sp³-hybridized carbons (Fsp3) is 0.167. The summed E-state index contributed by atoms with van der Waals surface area (Å²) in [6.07, 6.45) is 2.50. The number of hydrazone groups is 1. The van der Waals surface area contributed by atoms with Crippen LogP contribution in [0.5, 0.6) is 5.75 Å². The average molecular weight is 486 g/mol. The van der Waals surface area contributed by atoms with Gasteiger partial charge in [0.15, 0.2) is 0 Å². The largest absolute Gasteiger partial charge is 0.489 e. The third-order valence-electron chi connectivity index (χ3n) is 4.61. The van der Waals surface area contributed by atoms with Gasteiger partial charge in [-0.1, -0.05) is 41.4 Å². The summed E-state index contributed by atoms with van der Waals surface area (Å²) >= 11 is 5.85. The van der Waals surface area contributed by atoms with E-state index in [1.165, 1.54) is 23.9 Å². The summed E-state index contributed by atoms with van der Waals surface area (Å²) in [7, 11) is -3.67. The van der Waals surface area contributed by atoms with E-state index in [4.69, 9.17) is 16.3 Å². The maximum Gasteiger partial charge on any atom is 0.260 e. The molecule has 7 nitrogen and oxygen atoms in total. The van der Waals surface area contributed by atoms with E-state index in [1.807, 2.05) is 43.3 Å². The number of hydrogen-bond donors (Lipinski definition) is 1. The van der Waals surface area contributed by atoms with Crippen LogP contribution in [0.2, 0.25) is 5.02 Å². The fourth-order valence-electron chi connectivity index (χ4n) is 2.85. The molecule has 0 aliphatic heterocycles. The summed E-state index contributed by atoms with van der Waals surface area (Å²) in [5, 5.41) is 4.37. The number of hydrogen-bond acceptors (Lipinski definition) is 5. The molecule has 1 N–H and O–H groups in total. The normalized spacial score (nSPS) is 11.4. The Morgan fingerprint density at radius 3 is 2.27 bits per heavy atom. The second-order valence-electron chi connectivity index (χ2n) is 7.38. The minimum absolute atomic E-state index is 0.335. The molecule has 3 aromatic rings. The van der Waals surface area contributed by atoms with E-state index in [0.717, 1.165) is 21.7 Å². The lowest BCUT2D eigenvalue weighted by molar-refractivity contribution is -0.119. The van der Waals surface area contributed by atoms with E-state index in [0.29, 0.717) is 23.1 Å². The zero-order chi connectivity index (χ0) is 23.8. The van der Waals surface area contributed by atoms with E-state index < -0.39 is 22.5 Å². The number of nitrogens with one attached hydrogen (secondary N) is 1. The lowest BCUT2D eigenvalue weighted by atomic mass is 10.2. The number of rotatable bonds is 9. The van der Waals surface area contributed by atoms with Crippen molar-refractivity contribution in [2.45, 2.75) is 13.5 Å². The Kier molecular flexibility index (Phi) is 8.08. The van der Waals surface area contributed by atoms with Gasteiger partial charge in [-0.3, -0.25) is 9.10 Å². The summed E-state index contributed by atoms with van der Waals surface area (Å²) in [5.41, 5.74) is 5.71. The van der Waals surface area contributed by atoms with Crippen molar-refractivity contribution < 1.29 is 17.9 Å². The van der Waals surface area contributed by atoms with Gasteiger partial charge in [0, 0.05) is 5.02 Å². The van der Waals surface area contributed by atoms with Crippen molar-refractivity contribution in [1.29, 1.82) is 0 Å². The molecular weight excluding hydrogens is 462 g/mol. The van der Waals surface area contributed by atoms with Crippen molar-refractivity contribution in [2.75, 3.05) is 17.1 Å². The molecule has 0 atom stereocenters. The number of amides is 1. The molecular formula is C24H24ClN3O4S. The Bertz CT molecular complexity index is 1210. The number of carbonyl (C=O) groups excluding carboxylic acids is 1. The second kappa shape index (κ2) is 11.0. The summed E-state index contributed by atoms with van der Waals surface area (Å²) in [5.74, 6) is 0.133. The fourth-order valence-corrected chi connectivity index (χ4v) is 3.84. The molecule has 0 bridgehead atoms. The van der Waals surface area contributed by atoms with Crippen molar-refractivity contribution in [2.24, 2.45) is 5.10 Å². The van der Waals surface area contributed by atoms with Crippen LogP contribution in [0.1, 0.15) is 16.7 Å². The molecule has 0 radical (unpaired) electrons. The highest BCUT2D eigenvalue weighted by atomic mass is 35.5. The van der Waals surface area contributed by atoms with Gasteiger partial charge in [0.25, 0.3) is 5.91 Å². The predicted molar refractivity (Wildman–Crippen MR) is 131 cm³/mol. The third kappa shape index (κ3) is 7.62. The van der Waals surface area contributed by atoms with Crippen molar-refractivity contribution >= 4 is 39.4 Å². The number of nitrogens with zero attached hydrogens (tertiary/aromatic N) is 2. The predicted octanol–water partition coefficient (Wildman–Crippen LogP) is 4.14. The van der Waals surface area contributed by atoms with Crippen molar-refractivity contribution in [1.82, 2.24) is 5.43 Å². The standard InChI is InChI=1S/C24H24ClN3O4S/c1-18-3-5-20(6-4-18)17-32-23-13-7-19(8-14-23)15-26-27-24(29)16-28(33(2,30)31)22-11-9-21(25)10-12-22/h3-15H,16-17H2,1-2H3,(H,27,29)/b26-15-. The van der Waals surface area contributed by atoms with Crippen LogP contribution >= 0.6 is 11.6 Å². The van der Waals surface area contributed by atoms with Crippen LogP contribution in [0, 0.1) is 6.92 Å². The molecule has 9 heteroatoms. The SMILES string of the molecule is Cc1ccc(COc2ccc(/C=N\NC(=O)CN(c3ccc(Cl)cc3)S(C)(=O)=O)cc2)cc1. The minimum atomic E-state index is -3.67. The summed E-state index contributed by atoms with van der Waals surface area (Å²) in [6.45, 7) is 2.09. The Balaban J connectivity index is 1.53. The number of aryl methyl sites for hydroxylation is 1. The van der Waals surface area contributed by atoms with Gasteiger partial charge in [0.05, 0.1) is 18.2 Å². The third-order valence-corrected chi connectivity index (χ3v) is 6.00. The highest BCUT2D eigenvalue weighted by Gasteiger charge is 2.20. The Labute approximate surface area is 198 Å². The van der Waals surface area contributed by atoms with Crippen LogP contribution in [-0.2, 0) is 21.4 Å². The van der Waals surface area contributed by atoms with E-state index in [1.54, 1.807) is 24.3 Å². The summed E-state index contributed by atoms with van der Waals surface area (Å²) in [6, 6.07) is 21.5. The molecule has 3 rings (SSSR count). The first-order valence-corrected chi connectivity index (χ1v) is 12.3. The topological polar surface area (TPSA) is 88.1 Å².